The van der Waals surface area contributed by atoms with Gasteiger partial charge < -0.3 is 9.80 Å². The number of rotatable bonds is 3. The first-order valence-corrected chi connectivity index (χ1v) is 11.5. The number of fused-ring (bicyclic) bond motifs is 3. The van der Waals surface area contributed by atoms with E-state index < -0.39 is 18.5 Å². The smallest absolute Gasteiger partial charge is 0.339 e. The quantitative estimate of drug-likeness (QED) is 0.503. The van der Waals surface area contributed by atoms with Gasteiger partial charge in [-0.15, -0.1) is 10.2 Å². The summed E-state index contributed by atoms with van der Waals surface area (Å²) in [6.07, 6.45) is -3.14. The zero-order chi connectivity index (χ0) is 24.5. The Labute approximate surface area is 203 Å². The van der Waals surface area contributed by atoms with E-state index >= 15 is 0 Å². The summed E-state index contributed by atoms with van der Waals surface area (Å²) < 4.78 is 54.9. The molecule has 0 saturated carbocycles. The lowest BCUT2D eigenvalue weighted by Gasteiger charge is -2.60. The van der Waals surface area contributed by atoms with Gasteiger partial charge in [0.2, 0.25) is 11.9 Å². The molecule has 2 fully saturated rings. The standard InChI is InChI=1S/C22H21ClF4N8/c1-13-16(24)5-28-19(29-13)33-8-21(9-33)10-34(11-21)20-31-30-18-7-32(12-22(25,26)27)6-14-4-15(23)2-3-17(14)35(18)20/h2-5H,6-12H2,1H3. The molecule has 3 aromatic rings. The van der Waals surface area contributed by atoms with Crippen LogP contribution in [0.15, 0.2) is 24.4 Å². The predicted molar refractivity (Wildman–Crippen MR) is 120 cm³/mol. The Hall–Kier alpha value is -2.99. The second kappa shape index (κ2) is 7.76. The van der Waals surface area contributed by atoms with Gasteiger partial charge >= 0.3 is 6.18 Å². The number of hydrogen-bond acceptors (Lipinski definition) is 7. The number of nitrogens with zero attached hydrogens (tertiary/aromatic N) is 8. The molecule has 13 heteroatoms. The lowest BCUT2D eigenvalue weighted by atomic mass is 9.73. The van der Waals surface area contributed by atoms with Crippen molar-refractivity contribution >= 4 is 23.5 Å². The van der Waals surface area contributed by atoms with Gasteiger partial charge in [-0.2, -0.15) is 13.2 Å². The highest BCUT2D eigenvalue weighted by Crippen LogP contribution is 2.43. The van der Waals surface area contributed by atoms with Crippen molar-refractivity contribution in [3.8, 4) is 5.69 Å². The number of hydrogen-bond donors (Lipinski definition) is 0. The molecule has 0 bridgehead atoms. The van der Waals surface area contributed by atoms with Gasteiger partial charge in [0.15, 0.2) is 11.6 Å². The van der Waals surface area contributed by atoms with Crippen LogP contribution in [0.3, 0.4) is 0 Å². The number of anilines is 2. The third kappa shape index (κ3) is 3.98. The Kier molecular flexibility index (Phi) is 4.98. The molecule has 5 heterocycles. The van der Waals surface area contributed by atoms with Gasteiger partial charge in [-0.3, -0.25) is 9.47 Å². The van der Waals surface area contributed by atoms with E-state index in [2.05, 4.69) is 25.1 Å². The molecule has 0 unspecified atom stereocenters. The summed E-state index contributed by atoms with van der Waals surface area (Å²) >= 11 is 6.17. The van der Waals surface area contributed by atoms with Gasteiger partial charge in [0, 0.05) is 43.2 Å². The van der Waals surface area contributed by atoms with Crippen LogP contribution in [0.5, 0.6) is 0 Å². The first kappa shape index (κ1) is 22.5. The number of aryl methyl sites for hydroxylation is 1. The average Bonchev–Trinajstić information content (AvgIpc) is 3.03. The SMILES string of the molecule is Cc1nc(N2CC3(C2)CN(c2nnc4n2-c2ccc(Cl)cc2CN(CC(F)(F)F)C4)C3)ncc1F. The third-order valence-corrected chi connectivity index (χ3v) is 6.97. The van der Waals surface area contributed by atoms with Gasteiger partial charge in [-0.1, -0.05) is 11.6 Å². The summed E-state index contributed by atoms with van der Waals surface area (Å²) in [4.78, 5) is 13.7. The number of benzene rings is 1. The minimum absolute atomic E-state index is 0.0207. The second-order valence-corrected chi connectivity index (χ2v) is 10.0. The van der Waals surface area contributed by atoms with Crippen molar-refractivity contribution in [2.45, 2.75) is 26.2 Å². The van der Waals surface area contributed by atoms with E-state index in [0.29, 0.717) is 34.0 Å². The molecule has 35 heavy (non-hydrogen) atoms. The minimum Gasteiger partial charge on any atom is -0.339 e. The molecule has 8 nitrogen and oxygen atoms in total. The Balaban J connectivity index is 1.23. The highest BCUT2D eigenvalue weighted by molar-refractivity contribution is 6.30. The lowest BCUT2D eigenvalue weighted by Crippen LogP contribution is -2.73. The Morgan fingerprint density at radius 3 is 2.51 bits per heavy atom. The topological polar surface area (TPSA) is 66.2 Å². The van der Waals surface area contributed by atoms with Crippen LogP contribution in [0.25, 0.3) is 5.69 Å². The minimum atomic E-state index is -4.33. The van der Waals surface area contributed by atoms with Gasteiger partial charge in [0.25, 0.3) is 0 Å². The summed E-state index contributed by atoms with van der Waals surface area (Å²) in [6.45, 7) is 3.60. The Morgan fingerprint density at radius 1 is 1.06 bits per heavy atom. The maximum Gasteiger partial charge on any atom is 0.401 e. The molecule has 184 valence electrons. The van der Waals surface area contributed by atoms with Gasteiger partial charge in [-0.25, -0.2) is 14.4 Å². The van der Waals surface area contributed by atoms with Crippen molar-refractivity contribution < 1.29 is 17.6 Å². The Bertz CT molecular complexity index is 1300. The predicted octanol–water partition coefficient (Wildman–Crippen LogP) is 3.36. The molecule has 3 aliphatic heterocycles. The maximum absolute atomic E-state index is 13.5. The summed E-state index contributed by atoms with van der Waals surface area (Å²) in [7, 11) is 0. The molecular weight excluding hydrogens is 488 g/mol. The van der Waals surface area contributed by atoms with Crippen LogP contribution in [0.1, 0.15) is 17.1 Å². The van der Waals surface area contributed by atoms with Crippen LogP contribution in [-0.2, 0) is 13.1 Å². The number of halogens is 5. The number of alkyl halides is 3. The molecule has 0 atom stereocenters. The van der Waals surface area contributed by atoms with Crippen LogP contribution < -0.4 is 9.80 Å². The van der Waals surface area contributed by atoms with E-state index in [0.717, 1.165) is 31.9 Å². The average molecular weight is 509 g/mol. The summed E-state index contributed by atoms with van der Waals surface area (Å²) in [6, 6.07) is 5.23. The molecular formula is C22H21ClF4N8. The summed E-state index contributed by atoms with van der Waals surface area (Å²) in [5.41, 5.74) is 1.78. The molecule has 0 amide bonds. The fourth-order valence-electron chi connectivity index (χ4n) is 5.22. The maximum atomic E-state index is 13.5. The highest BCUT2D eigenvalue weighted by Gasteiger charge is 2.54. The molecule has 1 spiro atoms. The normalized spacial score (nSPS) is 19.1. The third-order valence-electron chi connectivity index (χ3n) is 6.73. The van der Waals surface area contributed by atoms with Gasteiger partial charge in [0.1, 0.15) is 0 Å². The molecule has 6 rings (SSSR count). The molecule has 2 aromatic heterocycles. The second-order valence-electron chi connectivity index (χ2n) is 9.60. The van der Waals surface area contributed by atoms with Crippen LogP contribution in [0, 0.1) is 18.2 Å². The molecule has 0 N–H and O–H groups in total. The zero-order valence-corrected chi connectivity index (χ0v) is 19.5. The van der Waals surface area contributed by atoms with Crippen molar-refractivity contribution in [1.82, 2.24) is 29.6 Å². The molecule has 3 aliphatic rings. The lowest BCUT2D eigenvalue weighted by molar-refractivity contribution is -0.148. The summed E-state index contributed by atoms with van der Waals surface area (Å²) in [5.74, 6) is 1.15. The van der Waals surface area contributed by atoms with Crippen molar-refractivity contribution in [3.63, 3.8) is 0 Å². The van der Waals surface area contributed by atoms with E-state index in [1.807, 2.05) is 9.47 Å². The van der Waals surface area contributed by atoms with Gasteiger partial charge in [0.05, 0.1) is 30.7 Å². The molecule has 0 radical (unpaired) electrons. The molecule has 2 saturated heterocycles. The van der Waals surface area contributed by atoms with Crippen LogP contribution in [-0.4, -0.2) is 68.5 Å². The van der Waals surface area contributed by atoms with Crippen LogP contribution in [0.4, 0.5) is 29.5 Å². The fraction of sp³-hybridized carbons (Fsp3) is 0.455. The zero-order valence-electron chi connectivity index (χ0n) is 18.7. The van der Waals surface area contributed by atoms with Crippen molar-refractivity contribution in [2.75, 3.05) is 42.5 Å². The monoisotopic (exact) mass is 508 g/mol. The van der Waals surface area contributed by atoms with Crippen molar-refractivity contribution in [3.05, 3.63) is 52.3 Å². The number of aromatic nitrogens is 5. The fourth-order valence-corrected chi connectivity index (χ4v) is 5.42. The first-order valence-electron chi connectivity index (χ1n) is 11.1. The summed E-state index contributed by atoms with van der Waals surface area (Å²) in [5, 5.41) is 9.07. The van der Waals surface area contributed by atoms with Crippen molar-refractivity contribution in [1.29, 1.82) is 0 Å². The van der Waals surface area contributed by atoms with Crippen LogP contribution in [0.2, 0.25) is 5.02 Å². The largest absolute Gasteiger partial charge is 0.401 e. The van der Waals surface area contributed by atoms with E-state index in [1.54, 1.807) is 25.1 Å². The molecule has 1 aromatic carbocycles. The van der Waals surface area contributed by atoms with E-state index in [9.17, 15) is 17.6 Å². The van der Waals surface area contributed by atoms with E-state index in [1.165, 1.54) is 11.1 Å². The Morgan fingerprint density at radius 2 is 1.80 bits per heavy atom. The first-order chi connectivity index (χ1) is 16.6. The molecule has 0 aliphatic carbocycles. The highest BCUT2D eigenvalue weighted by atomic mass is 35.5. The van der Waals surface area contributed by atoms with E-state index in [-0.39, 0.29) is 18.5 Å². The van der Waals surface area contributed by atoms with Crippen molar-refractivity contribution in [2.24, 2.45) is 5.41 Å². The van der Waals surface area contributed by atoms with E-state index in [4.69, 9.17) is 11.6 Å². The van der Waals surface area contributed by atoms with Crippen LogP contribution >= 0.6 is 11.6 Å². The van der Waals surface area contributed by atoms with Gasteiger partial charge in [-0.05, 0) is 30.7 Å².